The molecule has 2 aromatic carbocycles. The molecule has 0 radical (unpaired) electrons. The minimum absolute atomic E-state index is 0.0882. The molecule has 1 heterocycles. The number of nitrogens with zero attached hydrogens (tertiary/aromatic N) is 1. The Balaban J connectivity index is 1.68. The fourth-order valence-corrected chi connectivity index (χ4v) is 3.35. The average molecular weight is 414 g/mol. The topological polar surface area (TPSA) is 129 Å². The van der Waals surface area contributed by atoms with E-state index in [1.54, 1.807) is 36.0 Å². The quantitative estimate of drug-likeness (QED) is 0.321. The first-order valence-electron chi connectivity index (χ1n) is 8.91. The van der Waals surface area contributed by atoms with Gasteiger partial charge in [0.2, 0.25) is 0 Å². The van der Waals surface area contributed by atoms with E-state index in [4.69, 9.17) is 15.9 Å². The highest BCUT2D eigenvalue weighted by atomic mass is 32.2. The standard InChI is InChI=1S/C20H22N4O4S/c1-29-15-8-6-14(7-9-15)24-10-11-28-17(20(24)27)16(25)19(26)23-13-4-2-12(3-5-13)18(21)22/h2-9,16-17,25H,10-11H2,1H3,(H3,21,22)(H,23,26). The maximum absolute atomic E-state index is 12.8. The van der Waals surface area contributed by atoms with Crippen molar-refractivity contribution in [3.63, 3.8) is 0 Å². The molecule has 1 aliphatic heterocycles. The molecule has 0 bridgehead atoms. The number of amides is 2. The van der Waals surface area contributed by atoms with Gasteiger partial charge in [0.25, 0.3) is 11.8 Å². The molecule has 2 unspecified atom stereocenters. The van der Waals surface area contributed by atoms with Gasteiger partial charge in [0.15, 0.2) is 12.2 Å². The fraction of sp³-hybridized carbons (Fsp3) is 0.250. The van der Waals surface area contributed by atoms with Crippen LogP contribution in [0.25, 0.3) is 0 Å². The zero-order valence-corrected chi connectivity index (χ0v) is 16.6. The van der Waals surface area contributed by atoms with Gasteiger partial charge in [0.1, 0.15) is 5.84 Å². The van der Waals surface area contributed by atoms with Gasteiger partial charge < -0.3 is 25.8 Å². The number of anilines is 2. The molecule has 0 aliphatic carbocycles. The molecule has 9 heteroatoms. The van der Waals surface area contributed by atoms with Gasteiger partial charge in [-0.3, -0.25) is 15.0 Å². The number of thioether (sulfide) groups is 1. The van der Waals surface area contributed by atoms with Crippen LogP contribution in [-0.4, -0.2) is 54.4 Å². The average Bonchev–Trinajstić information content (AvgIpc) is 2.74. The number of nitrogens with one attached hydrogen (secondary N) is 2. The number of ether oxygens (including phenoxy) is 1. The van der Waals surface area contributed by atoms with Crippen molar-refractivity contribution >= 4 is 40.8 Å². The number of carbonyl (C=O) groups excluding carboxylic acids is 2. The lowest BCUT2D eigenvalue weighted by atomic mass is 10.1. The van der Waals surface area contributed by atoms with Crippen LogP contribution < -0.4 is 16.0 Å². The van der Waals surface area contributed by atoms with Crippen LogP contribution in [0, 0.1) is 5.41 Å². The lowest BCUT2D eigenvalue weighted by Crippen LogP contribution is -2.55. The maximum atomic E-state index is 12.8. The van der Waals surface area contributed by atoms with Gasteiger partial charge in [-0.1, -0.05) is 0 Å². The van der Waals surface area contributed by atoms with Gasteiger partial charge in [-0.25, -0.2) is 0 Å². The second kappa shape index (κ2) is 9.08. The largest absolute Gasteiger partial charge is 0.384 e. The molecule has 5 N–H and O–H groups in total. The van der Waals surface area contributed by atoms with Crippen LogP contribution in [0.4, 0.5) is 11.4 Å². The molecule has 0 saturated carbocycles. The summed E-state index contributed by atoms with van der Waals surface area (Å²) >= 11 is 1.60. The first kappa shape index (κ1) is 20.8. The van der Waals surface area contributed by atoms with Crippen LogP contribution in [0.15, 0.2) is 53.4 Å². The van der Waals surface area contributed by atoms with Gasteiger partial charge in [-0.2, -0.15) is 0 Å². The highest BCUT2D eigenvalue weighted by Gasteiger charge is 2.39. The van der Waals surface area contributed by atoms with Crippen molar-refractivity contribution in [2.75, 3.05) is 29.6 Å². The second-order valence-electron chi connectivity index (χ2n) is 6.40. The molecule has 8 nitrogen and oxygen atoms in total. The van der Waals surface area contributed by atoms with Crippen LogP contribution in [0.3, 0.4) is 0 Å². The Bertz CT molecular complexity index is 902. The molecule has 152 valence electrons. The number of nitrogens with two attached hydrogens (primary N) is 1. The van der Waals surface area contributed by atoms with E-state index in [1.807, 2.05) is 30.5 Å². The van der Waals surface area contributed by atoms with Gasteiger partial charge >= 0.3 is 0 Å². The van der Waals surface area contributed by atoms with Crippen LogP contribution in [-0.2, 0) is 14.3 Å². The number of benzene rings is 2. The summed E-state index contributed by atoms with van der Waals surface area (Å²) < 4.78 is 5.41. The molecule has 2 atom stereocenters. The smallest absolute Gasteiger partial charge is 0.259 e. The number of morpholine rings is 1. The first-order chi connectivity index (χ1) is 13.9. The number of hydrogen-bond donors (Lipinski definition) is 4. The Morgan fingerprint density at radius 3 is 2.52 bits per heavy atom. The molecule has 29 heavy (non-hydrogen) atoms. The van der Waals surface area contributed by atoms with Gasteiger partial charge in [0.05, 0.1) is 6.61 Å². The van der Waals surface area contributed by atoms with Crippen molar-refractivity contribution in [1.82, 2.24) is 0 Å². The molecule has 1 fully saturated rings. The minimum Gasteiger partial charge on any atom is -0.384 e. The normalized spacial score (nSPS) is 17.7. The predicted molar refractivity (Wildman–Crippen MR) is 112 cm³/mol. The Kier molecular flexibility index (Phi) is 6.53. The molecular formula is C20H22N4O4S. The molecule has 1 saturated heterocycles. The predicted octanol–water partition coefficient (Wildman–Crippen LogP) is 1.42. The Morgan fingerprint density at radius 2 is 1.93 bits per heavy atom. The van der Waals surface area contributed by atoms with Crippen LogP contribution in [0.5, 0.6) is 0 Å². The van der Waals surface area contributed by atoms with Crippen molar-refractivity contribution in [2.45, 2.75) is 17.1 Å². The Morgan fingerprint density at radius 1 is 1.28 bits per heavy atom. The number of rotatable bonds is 6. The summed E-state index contributed by atoms with van der Waals surface area (Å²) in [5.74, 6) is -1.31. The molecule has 0 spiro atoms. The summed E-state index contributed by atoms with van der Waals surface area (Å²) in [5, 5.41) is 20.3. The number of nitrogen functional groups attached to an aromatic ring is 1. The summed E-state index contributed by atoms with van der Waals surface area (Å²) in [7, 11) is 0. The van der Waals surface area contributed by atoms with Gasteiger partial charge in [-0.05, 0) is 54.8 Å². The van der Waals surface area contributed by atoms with Crippen molar-refractivity contribution in [1.29, 1.82) is 5.41 Å². The summed E-state index contributed by atoms with van der Waals surface area (Å²) in [6.45, 7) is 0.549. The number of carbonyl (C=O) groups is 2. The molecule has 2 amide bonds. The third kappa shape index (κ3) is 4.76. The van der Waals surface area contributed by atoms with Crippen molar-refractivity contribution in [3.8, 4) is 0 Å². The van der Waals surface area contributed by atoms with E-state index in [0.29, 0.717) is 23.5 Å². The van der Waals surface area contributed by atoms with E-state index in [0.717, 1.165) is 4.90 Å². The number of aliphatic hydroxyl groups is 1. The number of aliphatic hydroxyl groups excluding tert-OH is 1. The lowest BCUT2D eigenvalue weighted by molar-refractivity contribution is -0.150. The van der Waals surface area contributed by atoms with Crippen LogP contribution in [0.1, 0.15) is 5.56 Å². The third-order valence-corrected chi connectivity index (χ3v) is 5.27. The maximum Gasteiger partial charge on any atom is 0.259 e. The number of hydrogen-bond acceptors (Lipinski definition) is 6. The Labute approximate surface area is 172 Å². The second-order valence-corrected chi connectivity index (χ2v) is 7.28. The van der Waals surface area contributed by atoms with E-state index in [1.165, 1.54) is 4.90 Å². The minimum atomic E-state index is -1.66. The molecule has 2 aromatic rings. The summed E-state index contributed by atoms with van der Waals surface area (Å²) in [6.07, 6.45) is -0.989. The zero-order chi connectivity index (χ0) is 21.0. The van der Waals surface area contributed by atoms with Crippen LogP contribution >= 0.6 is 11.8 Å². The molecule has 3 rings (SSSR count). The van der Waals surface area contributed by atoms with E-state index in [-0.39, 0.29) is 12.4 Å². The van der Waals surface area contributed by atoms with Gasteiger partial charge in [0, 0.05) is 28.4 Å². The Hall–Kier alpha value is -2.88. The molecule has 1 aliphatic rings. The van der Waals surface area contributed by atoms with E-state index in [9.17, 15) is 14.7 Å². The highest BCUT2D eigenvalue weighted by Crippen LogP contribution is 2.24. The third-order valence-electron chi connectivity index (χ3n) is 4.52. The molecule has 0 aromatic heterocycles. The van der Waals surface area contributed by atoms with Crippen molar-refractivity contribution in [3.05, 3.63) is 54.1 Å². The van der Waals surface area contributed by atoms with Crippen molar-refractivity contribution < 1.29 is 19.4 Å². The highest BCUT2D eigenvalue weighted by molar-refractivity contribution is 7.98. The monoisotopic (exact) mass is 414 g/mol. The number of amidine groups is 1. The van der Waals surface area contributed by atoms with Gasteiger partial charge in [-0.15, -0.1) is 11.8 Å². The summed E-state index contributed by atoms with van der Waals surface area (Å²) in [5.41, 5.74) is 7.01. The fourth-order valence-electron chi connectivity index (χ4n) is 2.94. The van der Waals surface area contributed by atoms with E-state index < -0.39 is 24.0 Å². The van der Waals surface area contributed by atoms with E-state index in [2.05, 4.69) is 5.32 Å². The lowest BCUT2D eigenvalue weighted by Gasteiger charge is -2.34. The summed E-state index contributed by atoms with van der Waals surface area (Å²) in [4.78, 5) is 27.8. The van der Waals surface area contributed by atoms with E-state index >= 15 is 0 Å². The zero-order valence-electron chi connectivity index (χ0n) is 15.8. The van der Waals surface area contributed by atoms with Crippen LogP contribution in [0.2, 0.25) is 0 Å². The molecular weight excluding hydrogens is 392 g/mol. The SMILES string of the molecule is CSc1ccc(N2CCOC(C(O)C(=O)Nc3ccc(C(=N)N)cc3)C2=O)cc1. The first-order valence-corrected chi connectivity index (χ1v) is 10.1. The van der Waals surface area contributed by atoms with Crippen molar-refractivity contribution in [2.24, 2.45) is 5.73 Å². The summed E-state index contributed by atoms with van der Waals surface area (Å²) in [6, 6.07) is 13.7.